The summed E-state index contributed by atoms with van der Waals surface area (Å²) in [7, 11) is -1.84. The number of nitrogens with one attached hydrogen (secondary N) is 1. The highest BCUT2D eigenvalue weighted by atomic mass is 32.2. The van der Waals surface area contributed by atoms with Gasteiger partial charge in [-0.3, -0.25) is 15.0 Å². The molecule has 2 aromatic carbocycles. The van der Waals surface area contributed by atoms with Crippen LogP contribution in [0.4, 0.5) is 0 Å². The zero-order valence-corrected chi connectivity index (χ0v) is 24.9. The minimum Gasteiger partial charge on any atom is -0.497 e. The van der Waals surface area contributed by atoms with Crippen LogP contribution < -0.4 is 15.8 Å². The fourth-order valence-corrected chi connectivity index (χ4v) is 8.72. The number of carbonyl (C=O) groups excluding carboxylic acids is 1. The number of carbonyl (C=O) groups is 1. The number of sulfone groups is 1. The highest BCUT2D eigenvalue weighted by Crippen LogP contribution is 2.36. The Morgan fingerprint density at radius 3 is 2.49 bits per heavy atom. The van der Waals surface area contributed by atoms with Crippen LogP contribution >= 0.6 is 0 Å². The molecule has 2 aliphatic heterocycles. The number of ether oxygens (including phenoxy) is 1. The van der Waals surface area contributed by atoms with E-state index in [1.807, 2.05) is 30.3 Å². The van der Waals surface area contributed by atoms with Gasteiger partial charge in [0, 0.05) is 30.5 Å². The minimum atomic E-state index is -3.50. The van der Waals surface area contributed by atoms with Crippen molar-refractivity contribution in [3.05, 3.63) is 75.2 Å². The summed E-state index contributed by atoms with van der Waals surface area (Å²) in [4.78, 5) is 15.3. The first-order valence-electron chi connectivity index (χ1n) is 15.3. The molecule has 0 saturated carbocycles. The van der Waals surface area contributed by atoms with E-state index >= 15 is 0 Å². The number of nitrogens with two attached hydrogens (primary N) is 1. The number of aryl methyl sites for hydroxylation is 2. The largest absolute Gasteiger partial charge is 0.497 e. The van der Waals surface area contributed by atoms with Crippen molar-refractivity contribution in [2.24, 2.45) is 5.73 Å². The molecule has 2 fully saturated rings. The summed E-state index contributed by atoms with van der Waals surface area (Å²) in [6.45, 7) is 1.71. The third kappa shape index (κ3) is 6.31. The molecule has 0 aromatic heterocycles. The molecular formula is C33H43N3O4S. The van der Waals surface area contributed by atoms with E-state index in [2.05, 4.69) is 16.3 Å². The third-order valence-corrected chi connectivity index (χ3v) is 11.3. The molecule has 2 aromatic rings. The number of likely N-dealkylation sites (tertiary alicyclic amines) is 1. The Morgan fingerprint density at radius 2 is 1.80 bits per heavy atom. The first-order chi connectivity index (χ1) is 19.8. The second-order valence-electron chi connectivity index (χ2n) is 12.3. The van der Waals surface area contributed by atoms with Crippen LogP contribution in [0, 0.1) is 0 Å². The number of benzene rings is 2. The molecule has 7 nitrogen and oxygen atoms in total. The molecule has 0 bridgehead atoms. The summed E-state index contributed by atoms with van der Waals surface area (Å²) in [5.41, 5.74) is 15.0. The lowest BCUT2D eigenvalue weighted by molar-refractivity contribution is -0.120. The average Bonchev–Trinajstić information content (AvgIpc) is 3.31. The van der Waals surface area contributed by atoms with E-state index in [9.17, 15) is 13.2 Å². The fraction of sp³-hybridized carbons (Fsp3) is 0.545. The first kappa shape index (κ1) is 28.6. The van der Waals surface area contributed by atoms with Gasteiger partial charge in [-0.15, -0.1) is 0 Å². The molecule has 2 aliphatic carbocycles. The number of nitrogens with zero attached hydrogens (tertiary/aromatic N) is 1. The molecule has 4 atom stereocenters. The molecule has 0 spiro atoms. The van der Waals surface area contributed by atoms with Crippen LogP contribution in [0.1, 0.15) is 71.9 Å². The molecule has 2 saturated heterocycles. The normalized spacial score (nSPS) is 24.5. The number of methoxy groups -OCH3 is 1. The first-order valence-corrected chi connectivity index (χ1v) is 16.9. The number of fused-ring (bicyclic) bond motifs is 2. The van der Waals surface area contributed by atoms with Gasteiger partial charge in [-0.2, -0.15) is 0 Å². The zero-order valence-electron chi connectivity index (χ0n) is 24.1. The predicted octanol–water partition coefficient (Wildman–Crippen LogP) is 3.78. The number of hydrogen-bond donors (Lipinski definition) is 2. The summed E-state index contributed by atoms with van der Waals surface area (Å²) < 4.78 is 31.3. The van der Waals surface area contributed by atoms with Crippen molar-refractivity contribution in [3.63, 3.8) is 0 Å². The van der Waals surface area contributed by atoms with Crippen molar-refractivity contribution in [2.75, 3.05) is 13.7 Å². The molecule has 8 heteroatoms. The molecule has 6 rings (SSSR count). The number of Topliss-reactive ketones (excluding diaryl/α,β-unsaturated/α-hetero) is 1. The SMILES string of the molecule is COc1ccc(CN2CCC[C@H]2/C=C/S(=O)(=O)C2NC2CC(=O)C(N)CCc2c3c(cc4c2CCC4)CCC3)cc1. The number of ketones is 1. The van der Waals surface area contributed by atoms with Crippen molar-refractivity contribution >= 4 is 15.6 Å². The molecule has 0 amide bonds. The van der Waals surface area contributed by atoms with Crippen molar-refractivity contribution in [2.45, 2.75) is 101 Å². The molecule has 3 N–H and O–H groups in total. The van der Waals surface area contributed by atoms with Crippen LogP contribution in [-0.4, -0.2) is 56.3 Å². The van der Waals surface area contributed by atoms with Crippen LogP contribution in [0.3, 0.4) is 0 Å². The van der Waals surface area contributed by atoms with Crippen molar-refractivity contribution in [3.8, 4) is 5.75 Å². The Kier molecular flexibility index (Phi) is 8.37. The molecule has 41 heavy (non-hydrogen) atoms. The summed E-state index contributed by atoms with van der Waals surface area (Å²) in [6.07, 6.45) is 12.5. The van der Waals surface area contributed by atoms with E-state index < -0.39 is 21.3 Å². The monoisotopic (exact) mass is 577 g/mol. The highest BCUT2D eigenvalue weighted by molar-refractivity contribution is 7.95. The van der Waals surface area contributed by atoms with E-state index in [0.717, 1.165) is 50.9 Å². The average molecular weight is 578 g/mol. The lowest BCUT2D eigenvalue weighted by Crippen LogP contribution is -2.32. The van der Waals surface area contributed by atoms with Crippen molar-refractivity contribution < 1.29 is 17.9 Å². The molecule has 220 valence electrons. The van der Waals surface area contributed by atoms with E-state index in [0.29, 0.717) is 6.42 Å². The second kappa shape index (κ2) is 12.0. The summed E-state index contributed by atoms with van der Waals surface area (Å²) in [6, 6.07) is 9.60. The van der Waals surface area contributed by atoms with E-state index in [1.165, 1.54) is 64.5 Å². The van der Waals surface area contributed by atoms with E-state index in [1.54, 1.807) is 7.11 Å². The Bertz CT molecular complexity index is 1390. The van der Waals surface area contributed by atoms with Gasteiger partial charge in [0.05, 0.1) is 13.2 Å². The maximum atomic E-state index is 13.0. The van der Waals surface area contributed by atoms with Gasteiger partial charge < -0.3 is 10.5 Å². The lowest BCUT2D eigenvalue weighted by atomic mass is 9.89. The maximum Gasteiger partial charge on any atom is 0.188 e. The van der Waals surface area contributed by atoms with E-state index in [-0.39, 0.29) is 24.3 Å². The van der Waals surface area contributed by atoms with Gasteiger partial charge in [0.1, 0.15) is 11.1 Å². The molecule has 0 radical (unpaired) electrons. The van der Waals surface area contributed by atoms with Crippen molar-refractivity contribution in [1.29, 1.82) is 0 Å². The van der Waals surface area contributed by atoms with E-state index in [4.69, 9.17) is 10.5 Å². The number of hydrogen-bond acceptors (Lipinski definition) is 7. The third-order valence-electron chi connectivity index (χ3n) is 9.58. The van der Waals surface area contributed by atoms with Gasteiger partial charge >= 0.3 is 0 Å². The number of rotatable bonds is 12. The quantitative estimate of drug-likeness (QED) is 0.369. The Morgan fingerprint density at radius 1 is 1.10 bits per heavy atom. The summed E-state index contributed by atoms with van der Waals surface area (Å²) in [5.74, 6) is 0.779. The zero-order chi connectivity index (χ0) is 28.6. The summed E-state index contributed by atoms with van der Waals surface area (Å²) in [5, 5.41) is 3.69. The van der Waals surface area contributed by atoms with Gasteiger partial charge in [0.25, 0.3) is 0 Å². The smallest absolute Gasteiger partial charge is 0.188 e. The highest BCUT2D eigenvalue weighted by Gasteiger charge is 2.46. The maximum absolute atomic E-state index is 13.0. The van der Waals surface area contributed by atoms with Gasteiger partial charge in [0.2, 0.25) is 0 Å². The lowest BCUT2D eigenvalue weighted by Gasteiger charge is -2.22. The van der Waals surface area contributed by atoms with Gasteiger partial charge in [-0.05, 0) is 116 Å². The van der Waals surface area contributed by atoms with Crippen LogP contribution in [0.2, 0.25) is 0 Å². The van der Waals surface area contributed by atoms with Crippen LogP contribution in [-0.2, 0) is 53.3 Å². The van der Waals surface area contributed by atoms with Gasteiger partial charge in [0.15, 0.2) is 15.6 Å². The van der Waals surface area contributed by atoms with Crippen LogP contribution in [0.25, 0.3) is 0 Å². The van der Waals surface area contributed by atoms with Gasteiger partial charge in [-0.25, -0.2) is 8.42 Å². The topological polar surface area (TPSA) is 112 Å². The molecule has 2 heterocycles. The molecule has 3 unspecified atom stereocenters. The molecular weight excluding hydrogens is 534 g/mol. The minimum absolute atomic E-state index is 0.0464. The fourth-order valence-electron chi connectivity index (χ4n) is 7.23. The van der Waals surface area contributed by atoms with Crippen molar-refractivity contribution in [1.82, 2.24) is 10.2 Å². The Labute approximate surface area is 244 Å². The predicted molar refractivity (Wildman–Crippen MR) is 162 cm³/mol. The molecule has 4 aliphatic rings. The summed E-state index contributed by atoms with van der Waals surface area (Å²) >= 11 is 0. The van der Waals surface area contributed by atoms with Gasteiger partial charge in [-0.1, -0.05) is 24.3 Å². The Hall–Kier alpha value is -2.52. The second-order valence-corrected chi connectivity index (χ2v) is 14.3. The van der Waals surface area contributed by atoms with Crippen LogP contribution in [0.15, 0.2) is 41.8 Å². The van der Waals surface area contributed by atoms with Crippen LogP contribution in [0.5, 0.6) is 5.75 Å². The Balaban J connectivity index is 1.00. The standard InChI is InChI=1S/C33H43N3O4S/c1-40-26-12-10-22(11-13-26)21-36-17-4-7-25(36)16-18-41(38,39)33-31(35-33)20-32(37)30(34)15-14-29-27-8-2-5-23(27)19-24-6-3-9-28(24)29/h10-13,16,18-19,25,30-31,33,35H,2-9,14-15,17,20-21,34H2,1H3/b18-16+/t25-,30?,31?,33?/m0/s1.